The van der Waals surface area contributed by atoms with Gasteiger partial charge in [0.25, 0.3) is 0 Å². The van der Waals surface area contributed by atoms with Crippen LogP contribution in [0.5, 0.6) is 0 Å². The lowest BCUT2D eigenvalue weighted by Gasteiger charge is -1.98. The lowest BCUT2D eigenvalue weighted by molar-refractivity contribution is -0.450. The van der Waals surface area contributed by atoms with Crippen LogP contribution in [-0.2, 0) is 0 Å². The van der Waals surface area contributed by atoms with Crippen molar-refractivity contribution in [2.45, 2.75) is 24.5 Å². The van der Waals surface area contributed by atoms with Crippen molar-refractivity contribution in [1.29, 1.82) is 0 Å². The first kappa shape index (κ1) is 3.85. The third-order valence-electron chi connectivity index (χ3n) is 3.25. The van der Waals surface area contributed by atoms with Gasteiger partial charge in [-0.05, 0) is 12.8 Å². The SMILES string of the molecule is [NH3+]C12NC3CC1C2C3. The van der Waals surface area contributed by atoms with E-state index >= 15 is 0 Å². The highest BCUT2D eigenvalue weighted by Crippen LogP contribution is 2.62. The van der Waals surface area contributed by atoms with Crippen LogP contribution in [0.3, 0.4) is 0 Å². The van der Waals surface area contributed by atoms with Gasteiger partial charge >= 0.3 is 0 Å². The van der Waals surface area contributed by atoms with Gasteiger partial charge in [0.05, 0.1) is 0 Å². The molecule has 4 aliphatic rings. The van der Waals surface area contributed by atoms with Crippen LogP contribution in [0, 0.1) is 11.8 Å². The minimum Gasteiger partial charge on any atom is -0.340 e. The Morgan fingerprint density at radius 2 is 2.00 bits per heavy atom. The molecule has 4 bridgehead atoms. The highest BCUT2D eigenvalue weighted by atomic mass is 15.3. The van der Waals surface area contributed by atoms with Crippen LogP contribution in [0.1, 0.15) is 12.8 Å². The molecular weight excluding hydrogens is 100 g/mol. The van der Waals surface area contributed by atoms with Crippen LogP contribution in [0.4, 0.5) is 0 Å². The smallest absolute Gasteiger partial charge is 0.155 e. The lowest BCUT2D eigenvalue weighted by atomic mass is 10.2. The first-order valence-electron chi connectivity index (χ1n) is 3.44. The average Bonchev–Trinajstić information content (AvgIpc) is 2.11. The normalized spacial score (nSPS) is 73.9. The van der Waals surface area contributed by atoms with Gasteiger partial charge in [-0.1, -0.05) is 0 Å². The molecule has 0 amide bonds. The predicted molar refractivity (Wildman–Crippen MR) is 28.8 cm³/mol. The van der Waals surface area contributed by atoms with Gasteiger partial charge in [-0.2, -0.15) is 0 Å². The Labute approximate surface area is 48.4 Å². The van der Waals surface area contributed by atoms with Gasteiger partial charge in [-0.3, -0.25) is 5.32 Å². The lowest BCUT2D eigenvalue weighted by Crippen LogP contribution is -2.70. The van der Waals surface area contributed by atoms with Crippen LogP contribution >= 0.6 is 0 Å². The molecule has 2 nitrogen and oxygen atoms in total. The third-order valence-corrected chi connectivity index (χ3v) is 3.25. The molecule has 0 radical (unpaired) electrons. The fraction of sp³-hybridized carbons (Fsp3) is 1.00. The number of hydrogen-bond acceptors (Lipinski definition) is 1. The van der Waals surface area contributed by atoms with E-state index in [0.29, 0.717) is 5.66 Å². The molecule has 2 unspecified atom stereocenters. The van der Waals surface area contributed by atoms with Crippen molar-refractivity contribution >= 4 is 0 Å². The number of quaternary nitrogens is 1. The molecule has 4 N–H and O–H groups in total. The quantitative estimate of drug-likeness (QED) is 0.411. The summed E-state index contributed by atoms with van der Waals surface area (Å²) < 4.78 is 0. The van der Waals surface area contributed by atoms with Gasteiger partial charge in [0.1, 0.15) is 0 Å². The highest BCUT2D eigenvalue weighted by molar-refractivity contribution is 5.23. The third kappa shape index (κ3) is 0.198. The maximum Gasteiger partial charge on any atom is 0.155 e. The van der Waals surface area contributed by atoms with E-state index in [-0.39, 0.29) is 0 Å². The van der Waals surface area contributed by atoms with Crippen LogP contribution in [0.15, 0.2) is 0 Å². The molecule has 2 saturated heterocycles. The van der Waals surface area contributed by atoms with E-state index in [2.05, 4.69) is 11.1 Å². The van der Waals surface area contributed by atoms with Crippen LogP contribution < -0.4 is 11.1 Å². The summed E-state index contributed by atoms with van der Waals surface area (Å²) in [5, 5.41) is 3.53. The predicted octanol–water partition coefficient (Wildman–Crippen LogP) is -1.06. The number of rotatable bonds is 0. The fourth-order valence-electron chi connectivity index (χ4n) is 2.77. The van der Waals surface area contributed by atoms with Crippen LogP contribution in [0.2, 0.25) is 0 Å². The molecule has 0 aromatic heterocycles. The van der Waals surface area contributed by atoms with E-state index in [9.17, 15) is 0 Å². The summed E-state index contributed by atoms with van der Waals surface area (Å²) >= 11 is 0. The van der Waals surface area contributed by atoms with Crippen molar-refractivity contribution in [3.05, 3.63) is 0 Å². The van der Waals surface area contributed by atoms with Crippen LogP contribution in [0.25, 0.3) is 0 Å². The Morgan fingerprint density at radius 3 is 2.12 bits per heavy atom. The summed E-state index contributed by atoms with van der Waals surface area (Å²) in [6.45, 7) is 0. The van der Waals surface area contributed by atoms with Gasteiger partial charge < -0.3 is 5.73 Å². The Bertz CT molecular complexity index is 143. The van der Waals surface area contributed by atoms with Gasteiger partial charge in [0.2, 0.25) is 0 Å². The molecule has 0 spiro atoms. The zero-order chi connectivity index (χ0) is 5.35. The Kier molecular flexibility index (Phi) is 0.364. The van der Waals surface area contributed by atoms with Gasteiger partial charge in [0, 0.05) is 17.9 Å². The molecule has 8 heavy (non-hydrogen) atoms. The van der Waals surface area contributed by atoms with E-state index in [4.69, 9.17) is 0 Å². The fourth-order valence-corrected chi connectivity index (χ4v) is 2.77. The highest BCUT2D eigenvalue weighted by Gasteiger charge is 2.77. The Hall–Kier alpha value is -0.0800. The van der Waals surface area contributed by atoms with E-state index in [1.807, 2.05) is 0 Å². The second-order valence-corrected chi connectivity index (χ2v) is 3.57. The minimum atomic E-state index is 0.394. The summed E-state index contributed by atoms with van der Waals surface area (Å²) in [7, 11) is 0. The van der Waals surface area contributed by atoms with Gasteiger partial charge in [-0.25, -0.2) is 0 Å². The Morgan fingerprint density at radius 1 is 1.38 bits per heavy atom. The van der Waals surface area contributed by atoms with E-state index < -0.39 is 0 Å². The second kappa shape index (κ2) is 0.755. The van der Waals surface area contributed by atoms with E-state index in [1.54, 1.807) is 0 Å². The number of hydrogen-bond donors (Lipinski definition) is 2. The van der Waals surface area contributed by atoms with E-state index in [1.165, 1.54) is 12.8 Å². The molecule has 0 aromatic carbocycles. The standard InChI is InChI=1S/C6H10N2/c7-6-4-1-3(8-6)2-5(4)6/h3-5,8H,1-2,7H2/p+1. The molecule has 4 rings (SSSR count). The average molecular weight is 111 g/mol. The van der Waals surface area contributed by atoms with Crippen LogP contribution in [-0.4, -0.2) is 11.7 Å². The first-order chi connectivity index (χ1) is 3.81. The van der Waals surface area contributed by atoms with E-state index in [0.717, 1.165) is 17.9 Å². The number of nitrogens with one attached hydrogen (secondary N) is 1. The molecule has 2 aliphatic carbocycles. The second-order valence-electron chi connectivity index (χ2n) is 3.57. The van der Waals surface area contributed by atoms with Crippen molar-refractivity contribution in [1.82, 2.24) is 5.32 Å². The molecule has 2 heteroatoms. The van der Waals surface area contributed by atoms with Crippen molar-refractivity contribution in [3.8, 4) is 0 Å². The van der Waals surface area contributed by atoms with Crippen molar-refractivity contribution < 1.29 is 5.73 Å². The summed E-state index contributed by atoms with van der Waals surface area (Å²) in [4.78, 5) is 0. The molecule has 2 saturated carbocycles. The number of piperidine rings is 2. The molecule has 44 valence electrons. The zero-order valence-corrected chi connectivity index (χ0v) is 4.85. The van der Waals surface area contributed by atoms with Gasteiger partial charge in [0.15, 0.2) is 5.66 Å². The first-order valence-corrected chi connectivity index (χ1v) is 3.44. The van der Waals surface area contributed by atoms with Crippen molar-refractivity contribution in [2.75, 3.05) is 0 Å². The molecule has 4 fully saturated rings. The maximum atomic E-state index is 4.16. The van der Waals surface area contributed by atoms with Crippen molar-refractivity contribution in [2.24, 2.45) is 11.8 Å². The maximum absolute atomic E-state index is 4.16. The minimum absolute atomic E-state index is 0.394. The monoisotopic (exact) mass is 111 g/mol. The summed E-state index contributed by atoms with van der Waals surface area (Å²) in [6.07, 6.45) is 2.85. The van der Waals surface area contributed by atoms with Crippen molar-refractivity contribution in [3.63, 3.8) is 0 Å². The summed E-state index contributed by atoms with van der Waals surface area (Å²) in [6, 6.07) is 0.863. The summed E-state index contributed by atoms with van der Waals surface area (Å²) in [5.74, 6) is 1.96. The largest absolute Gasteiger partial charge is 0.340 e. The molecule has 2 atom stereocenters. The molecule has 0 aromatic rings. The molecule has 2 heterocycles. The topological polar surface area (TPSA) is 39.7 Å². The summed E-state index contributed by atoms with van der Waals surface area (Å²) in [5.41, 5.74) is 4.55. The Balaban J connectivity index is 2.16. The molecule has 2 aliphatic heterocycles. The zero-order valence-electron chi connectivity index (χ0n) is 4.85. The van der Waals surface area contributed by atoms with Gasteiger partial charge in [-0.15, -0.1) is 0 Å². The molecular formula is C6H11N2+.